The molecule has 4 aliphatic rings. The molecule has 2 aromatic rings. The monoisotopic (exact) mass is 590 g/mol. The Bertz CT molecular complexity index is 1380. The molecule has 1 aliphatic carbocycles. The highest BCUT2D eigenvalue weighted by Gasteiger charge is 2.72. The van der Waals surface area contributed by atoms with E-state index in [4.69, 9.17) is 16.3 Å². The highest BCUT2D eigenvalue weighted by molar-refractivity contribution is 6.31. The first-order chi connectivity index (χ1) is 20.3. The van der Waals surface area contributed by atoms with E-state index < -0.39 is 29.6 Å². The van der Waals surface area contributed by atoms with Gasteiger partial charge in [0.05, 0.1) is 17.9 Å². The van der Waals surface area contributed by atoms with Crippen molar-refractivity contribution < 1.29 is 19.1 Å². The van der Waals surface area contributed by atoms with Gasteiger partial charge in [-0.25, -0.2) is 0 Å². The van der Waals surface area contributed by atoms with Crippen LogP contribution in [0.2, 0.25) is 5.02 Å². The second-order valence-electron chi connectivity index (χ2n) is 12.3. The highest BCUT2D eigenvalue weighted by Crippen LogP contribution is 2.55. The van der Waals surface area contributed by atoms with E-state index >= 15 is 0 Å². The van der Waals surface area contributed by atoms with E-state index in [0.717, 1.165) is 37.8 Å². The van der Waals surface area contributed by atoms with E-state index in [2.05, 4.69) is 27.7 Å². The molecule has 0 aromatic heterocycles. The summed E-state index contributed by atoms with van der Waals surface area (Å²) in [4.78, 5) is 45.8. The zero-order valence-electron chi connectivity index (χ0n) is 24.2. The minimum absolute atomic E-state index is 0.0902. The lowest BCUT2D eigenvalue weighted by atomic mass is 9.74. The predicted molar refractivity (Wildman–Crippen MR) is 162 cm³/mol. The second kappa shape index (κ2) is 11.8. The first-order valence-electron chi connectivity index (χ1n) is 15.0. The maximum Gasteiger partial charge on any atom is 0.246 e. The molecule has 1 saturated carbocycles. The number of halogens is 1. The van der Waals surface area contributed by atoms with Crippen molar-refractivity contribution in [2.24, 2.45) is 11.8 Å². The fraction of sp³-hybridized carbons (Fsp3) is 0.485. The van der Waals surface area contributed by atoms with Gasteiger partial charge in [-0.05, 0) is 50.1 Å². The molecule has 0 unspecified atom stereocenters. The topological polar surface area (TPSA) is 91.0 Å². The number of likely N-dealkylation sites (tertiary alicyclic amines) is 1. The van der Waals surface area contributed by atoms with Gasteiger partial charge in [0.1, 0.15) is 11.6 Å². The molecule has 222 valence electrons. The average Bonchev–Trinajstić information content (AvgIpc) is 3.62. The first kappa shape index (κ1) is 28.9. The van der Waals surface area contributed by atoms with Crippen molar-refractivity contribution in [2.75, 3.05) is 25.5 Å². The molecule has 5 atom stereocenters. The number of amides is 3. The molecule has 3 aliphatic heterocycles. The van der Waals surface area contributed by atoms with Gasteiger partial charge in [0.15, 0.2) is 0 Å². The van der Waals surface area contributed by atoms with Gasteiger partial charge in [-0.2, -0.15) is 0 Å². The molecule has 2 N–H and O–H groups in total. The molecule has 3 heterocycles. The number of ether oxygens (including phenoxy) is 1. The number of carbonyl (C=O) groups excluding carboxylic acids is 3. The van der Waals surface area contributed by atoms with Crippen molar-refractivity contribution in [1.29, 1.82) is 0 Å². The number of nitrogens with one attached hydrogen (secondary N) is 2. The number of likely N-dealkylation sites (N-methyl/N-ethyl adjacent to an activating group) is 1. The summed E-state index contributed by atoms with van der Waals surface area (Å²) < 4.78 is 6.49. The van der Waals surface area contributed by atoms with Crippen LogP contribution in [-0.2, 0) is 25.7 Å². The van der Waals surface area contributed by atoms with E-state index in [9.17, 15) is 14.4 Å². The molecular formula is C33H39ClN4O4. The van der Waals surface area contributed by atoms with Gasteiger partial charge in [0.25, 0.3) is 0 Å². The smallest absolute Gasteiger partial charge is 0.246 e. The van der Waals surface area contributed by atoms with Gasteiger partial charge < -0.3 is 25.2 Å². The fourth-order valence-corrected chi connectivity index (χ4v) is 7.36. The Morgan fingerprint density at radius 3 is 2.60 bits per heavy atom. The number of fused-ring (bicyclic) bond motifs is 1. The van der Waals surface area contributed by atoms with Crippen LogP contribution >= 0.6 is 11.6 Å². The molecule has 0 radical (unpaired) electrons. The van der Waals surface area contributed by atoms with Crippen LogP contribution in [0.4, 0.5) is 5.69 Å². The van der Waals surface area contributed by atoms with Crippen LogP contribution in [0.15, 0.2) is 60.7 Å². The maximum atomic E-state index is 14.2. The Balaban J connectivity index is 1.25. The van der Waals surface area contributed by atoms with Crippen molar-refractivity contribution in [3.05, 3.63) is 76.8 Å². The van der Waals surface area contributed by atoms with Crippen LogP contribution in [0.3, 0.4) is 0 Å². The number of hydrogen-bond acceptors (Lipinski definition) is 5. The van der Waals surface area contributed by atoms with Gasteiger partial charge in [-0.15, -0.1) is 0 Å². The summed E-state index contributed by atoms with van der Waals surface area (Å²) in [6, 6.07) is 14.8. The summed E-state index contributed by atoms with van der Waals surface area (Å²) in [6.45, 7) is 3.54. The van der Waals surface area contributed by atoms with Crippen LogP contribution in [0.5, 0.6) is 0 Å². The van der Waals surface area contributed by atoms with Gasteiger partial charge in [0.2, 0.25) is 17.7 Å². The molecular weight excluding hydrogens is 552 g/mol. The molecule has 1 spiro atoms. The van der Waals surface area contributed by atoms with Crippen molar-refractivity contribution in [3.8, 4) is 0 Å². The van der Waals surface area contributed by atoms with Gasteiger partial charge in [0, 0.05) is 36.4 Å². The third-order valence-corrected chi connectivity index (χ3v) is 9.74. The number of anilines is 1. The van der Waals surface area contributed by atoms with E-state index in [1.54, 1.807) is 17.0 Å². The second-order valence-corrected chi connectivity index (χ2v) is 12.7. The normalized spacial score (nSPS) is 28.4. The van der Waals surface area contributed by atoms with Crippen LogP contribution in [-0.4, -0.2) is 71.4 Å². The maximum absolute atomic E-state index is 14.2. The number of carbonyl (C=O) groups is 3. The fourth-order valence-electron chi connectivity index (χ4n) is 7.18. The number of aryl methyl sites for hydroxylation is 1. The zero-order chi connectivity index (χ0) is 29.4. The molecule has 2 saturated heterocycles. The van der Waals surface area contributed by atoms with Crippen molar-refractivity contribution in [3.63, 3.8) is 0 Å². The number of nitrogens with zero attached hydrogens (tertiary/aromatic N) is 2. The Morgan fingerprint density at radius 1 is 1.10 bits per heavy atom. The lowest BCUT2D eigenvalue weighted by Crippen LogP contribution is -2.57. The third kappa shape index (κ3) is 5.36. The summed E-state index contributed by atoms with van der Waals surface area (Å²) in [5, 5.41) is 6.75. The molecule has 3 fully saturated rings. The standard InChI is InChI=1S/C33H39ClN4O4/c1-21-13-14-24(19-25(21)34)36-30(39)27-26-15-16-33(42-26)28(27)32(41)38(18-17-37(2)20-22-9-5-3-6-10-22)29(33)31(40)35-23-11-7-4-8-12-23/h3,5-6,9-10,13-16,19,23,26-29H,4,7-8,11-12,17-18,20H2,1-2H3,(H,35,40)(H,36,39)/t26-,27-,28-,29-,33-/m0/s1. The van der Waals surface area contributed by atoms with Gasteiger partial charge in [-0.1, -0.05) is 79.4 Å². The molecule has 2 bridgehead atoms. The van der Waals surface area contributed by atoms with Crippen LogP contribution in [0.25, 0.3) is 0 Å². The molecule has 9 heteroatoms. The number of benzene rings is 2. The summed E-state index contributed by atoms with van der Waals surface area (Å²) >= 11 is 6.30. The Hall–Kier alpha value is -3.20. The lowest BCUT2D eigenvalue weighted by Gasteiger charge is -2.34. The minimum Gasteiger partial charge on any atom is -0.359 e. The molecule has 3 amide bonds. The van der Waals surface area contributed by atoms with Crippen LogP contribution in [0.1, 0.15) is 43.2 Å². The Labute approximate surface area is 252 Å². The van der Waals surface area contributed by atoms with E-state index in [1.807, 2.05) is 50.4 Å². The summed E-state index contributed by atoms with van der Waals surface area (Å²) in [5.74, 6) is -2.24. The minimum atomic E-state index is -1.18. The van der Waals surface area contributed by atoms with E-state index in [0.29, 0.717) is 23.8 Å². The molecule has 6 rings (SSSR count). The van der Waals surface area contributed by atoms with Crippen LogP contribution < -0.4 is 10.6 Å². The molecule has 2 aromatic carbocycles. The quantitative estimate of drug-likeness (QED) is 0.425. The first-order valence-corrected chi connectivity index (χ1v) is 15.4. The van der Waals surface area contributed by atoms with Crippen molar-refractivity contribution >= 4 is 35.0 Å². The van der Waals surface area contributed by atoms with Gasteiger partial charge >= 0.3 is 0 Å². The predicted octanol–water partition coefficient (Wildman–Crippen LogP) is 4.32. The molecule has 42 heavy (non-hydrogen) atoms. The number of hydrogen-bond donors (Lipinski definition) is 2. The summed E-state index contributed by atoms with van der Waals surface area (Å²) in [6.07, 6.45) is 8.36. The van der Waals surface area contributed by atoms with E-state index in [1.165, 1.54) is 12.0 Å². The van der Waals surface area contributed by atoms with E-state index in [-0.39, 0.29) is 23.8 Å². The Kier molecular flexibility index (Phi) is 8.13. The summed E-state index contributed by atoms with van der Waals surface area (Å²) in [7, 11) is 2.01. The SMILES string of the molecule is Cc1ccc(NC(=O)[C@H]2[C@@H]3C=C[C@]4(O3)[C@@H]2C(=O)N(CCN(C)Cc2ccccc2)[C@H]4C(=O)NC2CCCCC2)cc1Cl. The van der Waals surface area contributed by atoms with Gasteiger partial charge in [-0.3, -0.25) is 14.4 Å². The lowest BCUT2D eigenvalue weighted by molar-refractivity contribution is -0.141. The Morgan fingerprint density at radius 2 is 1.86 bits per heavy atom. The van der Waals surface area contributed by atoms with Crippen molar-refractivity contribution in [1.82, 2.24) is 15.1 Å². The average molecular weight is 591 g/mol. The largest absolute Gasteiger partial charge is 0.359 e. The number of rotatable bonds is 9. The third-order valence-electron chi connectivity index (χ3n) is 9.33. The van der Waals surface area contributed by atoms with Crippen molar-refractivity contribution in [2.45, 2.75) is 69.4 Å². The van der Waals surface area contributed by atoms with Crippen LogP contribution in [0, 0.1) is 18.8 Å². The molecule has 8 nitrogen and oxygen atoms in total. The highest BCUT2D eigenvalue weighted by atomic mass is 35.5. The summed E-state index contributed by atoms with van der Waals surface area (Å²) in [5.41, 5.74) is 1.47. The zero-order valence-corrected chi connectivity index (χ0v) is 25.0.